The minimum Gasteiger partial charge on any atom is -0.390 e. The van der Waals surface area contributed by atoms with E-state index in [4.69, 9.17) is 5.73 Å². The van der Waals surface area contributed by atoms with Crippen LogP contribution in [0, 0.1) is 0 Å². The lowest BCUT2D eigenvalue weighted by Crippen LogP contribution is -2.22. The normalized spacial score (nSPS) is 14.5. The Hall–Kier alpha value is -1.96. The first-order valence-electron chi connectivity index (χ1n) is 5.76. The molecule has 0 radical (unpaired) electrons. The number of hydrogen-bond donors (Lipinski definition) is 4. The fourth-order valence-corrected chi connectivity index (χ4v) is 1.85. The summed E-state index contributed by atoms with van der Waals surface area (Å²) in [5, 5.41) is 19.7. The maximum atomic E-state index is 11.5. The average Bonchev–Trinajstić information content (AvgIpc) is 2.37. The number of benzene rings is 1. The summed E-state index contributed by atoms with van der Waals surface area (Å²) in [4.78, 5) is 24.9. The fourth-order valence-electron chi connectivity index (χ4n) is 1.85. The minimum absolute atomic E-state index is 0.135. The monoisotopic (exact) mass is 266 g/mol. The Morgan fingerprint density at radius 1 is 1.32 bits per heavy atom. The maximum Gasteiger partial charge on any atom is 0.419 e. The molecule has 5 N–H and O–H groups in total. The van der Waals surface area contributed by atoms with Crippen LogP contribution in [0.3, 0.4) is 0 Å². The average molecular weight is 266 g/mol. The highest BCUT2D eigenvalue weighted by atomic mass is 16.4. The van der Waals surface area contributed by atoms with E-state index in [1.54, 1.807) is 0 Å². The highest BCUT2D eigenvalue weighted by molar-refractivity contribution is 5.77. The van der Waals surface area contributed by atoms with Crippen molar-refractivity contribution in [3.8, 4) is 0 Å². The van der Waals surface area contributed by atoms with E-state index >= 15 is 0 Å². The van der Waals surface area contributed by atoms with Gasteiger partial charge in [0.15, 0.2) is 0 Å². The Morgan fingerprint density at radius 3 is 2.74 bits per heavy atom. The number of hydrogen-bond acceptors (Lipinski definition) is 6. The molecule has 2 aromatic rings. The van der Waals surface area contributed by atoms with Crippen molar-refractivity contribution in [3.05, 3.63) is 44.7 Å². The minimum atomic E-state index is -1.15. The van der Waals surface area contributed by atoms with E-state index in [-0.39, 0.29) is 18.4 Å². The third-order valence-corrected chi connectivity index (χ3v) is 2.85. The number of aromatic nitrogens is 1. The molecule has 0 fully saturated rings. The summed E-state index contributed by atoms with van der Waals surface area (Å²) >= 11 is 0. The zero-order valence-electron chi connectivity index (χ0n) is 10.00. The summed E-state index contributed by atoms with van der Waals surface area (Å²) in [5.74, 6) is -0.839. The summed E-state index contributed by atoms with van der Waals surface area (Å²) in [5.41, 5.74) is 5.18. The van der Waals surface area contributed by atoms with Gasteiger partial charge in [-0.05, 0) is 30.7 Å². The molecule has 0 bridgehead atoms. The molecule has 7 nitrogen and oxygen atoms in total. The van der Waals surface area contributed by atoms with Crippen molar-refractivity contribution >= 4 is 10.9 Å². The summed E-state index contributed by atoms with van der Waals surface area (Å²) in [6, 6.07) is 4.37. The van der Waals surface area contributed by atoms with Gasteiger partial charge in [0, 0.05) is 0 Å². The van der Waals surface area contributed by atoms with E-state index in [1.807, 2.05) is 0 Å². The third-order valence-electron chi connectivity index (χ3n) is 2.85. The number of H-pyrrole nitrogens is 1. The van der Waals surface area contributed by atoms with Crippen molar-refractivity contribution < 1.29 is 14.6 Å². The van der Waals surface area contributed by atoms with Gasteiger partial charge in [-0.2, -0.15) is 0 Å². The molecule has 102 valence electrons. The molecule has 2 rings (SSSR count). The van der Waals surface area contributed by atoms with Crippen LogP contribution in [-0.2, 0) is 0 Å². The second-order valence-corrected chi connectivity index (χ2v) is 4.20. The second kappa shape index (κ2) is 5.35. The molecule has 0 saturated carbocycles. The van der Waals surface area contributed by atoms with Gasteiger partial charge in [-0.25, -0.2) is 9.59 Å². The first-order valence-corrected chi connectivity index (χ1v) is 5.76. The van der Waals surface area contributed by atoms with E-state index in [2.05, 4.69) is 9.40 Å². The molecule has 0 amide bonds. The van der Waals surface area contributed by atoms with Gasteiger partial charge in [0.2, 0.25) is 0 Å². The molecule has 0 aliphatic carbocycles. The van der Waals surface area contributed by atoms with Crippen LogP contribution in [0.1, 0.15) is 18.1 Å². The Morgan fingerprint density at radius 2 is 2.05 bits per heavy atom. The number of aromatic amines is 1. The van der Waals surface area contributed by atoms with Gasteiger partial charge in [-0.1, -0.05) is 6.07 Å². The van der Waals surface area contributed by atoms with Gasteiger partial charge >= 0.3 is 11.4 Å². The predicted octanol–water partition coefficient (Wildman–Crippen LogP) is -0.776. The van der Waals surface area contributed by atoms with Crippen LogP contribution in [-0.4, -0.2) is 27.8 Å². The van der Waals surface area contributed by atoms with Crippen LogP contribution < -0.4 is 17.1 Å². The molecular weight excluding hydrogens is 252 g/mol. The zero-order valence-corrected chi connectivity index (χ0v) is 10.00. The quantitative estimate of drug-likeness (QED) is 0.574. The molecule has 19 heavy (non-hydrogen) atoms. The molecule has 0 aliphatic rings. The molecule has 7 heteroatoms. The molecule has 1 heterocycles. The van der Waals surface area contributed by atoms with Gasteiger partial charge < -0.3 is 20.4 Å². The van der Waals surface area contributed by atoms with E-state index in [0.717, 1.165) is 0 Å². The van der Waals surface area contributed by atoms with Crippen molar-refractivity contribution in [2.24, 2.45) is 5.73 Å². The first-order chi connectivity index (χ1) is 9.02. The predicted molar refractivity (Wildman–Crippen MR) is 67.7 cm³/mol. The summed E-state index contributed by atoms with van der Waals surface area (Å²) < 4.78 is 4.40. The van der Waals surface area contributed by atoms with E-state index in [9.17, 15) is 19.8 Å². The Balaban J connectivity index is 2.47. The Bertz CT molecular complexity index is 690. The molecule has 0 aliphatic heterocycles. The lowest BCUT2D eigenvalue weighted by Gasteiger charge is -2.17. The van der Waals surface area contributed by atoms with Gasteiger partial charge in [-0.3, -0.25) is 4.98 Å². The smallest absolute Gasteiger partial charge is 0.390 e. The van der Waals surface area contributed by atoms with Gasteiger partial charge in [0.25, 0.3) is 0 Å². The molecule has 2 unspecified atom stereocenters. The topological polar surface area (TPSA) is 130 Å². The summed E-state index contributed by atoms with van der Waals surface area (Å²) in [7, 11) is 0. The van der Waals surface area contributed by atoms with Crippen LogP contribution in [0.4, 0.5) is 0 Å². The van der Waals surface area contributed by atoms with E-state index in [1.165, 1.54) is 18.2 Å². The molecule has 2 atom stereocenters. The lowest BCUT2D eigenvalue weighted by molar-refractivity contribution is 0.0151. The van der Waals surface area contributed by atoms with Gasteiger partial charge in [0.1, 0.15) is 6.10 Å². The number of nitrogens with one attached hydrogen (secondary N) is 1. The first kappa shape index (κ1) is 13.5. The SMILES string of the molecule is NCCC(O)C(O)c1ccc2[nH]c(=O)oc(=O)c2c1. The molecule has 0 saturated heterocycles. The summed E-state index contributed by atoms with van der Waals surface area (Å²) in [6.07, 6.45) is -1.93. The second-order valence-electron chi connectivity index (χ2n) is 4.20. The molecule has 1 aromatic carbocycles. The number of fused-ring (bicyclic) bond motifs is 1. The van der Waals surface area contributed by atoms with Crippen molar-refractivity contribution in [3.63, 3.8) is 0 Å². The van der Waals surface area contributed by atoms with Gasteiger partial charge in [-0.15, -0.1) is 0 Å². The highest BCUT2D eigenvalue weighted by Gasteiger charge is 2.18. The van der Waals surface area contributed by atoms with E-state index < -0.39 is 23.6 Å². The van der Waals surface area contributed by atoms with Crippen molar-refractivity contribution in [1.29, 1.82) is 0 Å². The van der Waals surface area contributed by atoms with Crippen LogP contribution in [0.2, 0.25) is 0 Å². The van der Waals surface area contributed by atoms with E-state index in [0.29, 0.717) is 11.1 Å². The standard InChI is InChI=1S/C12H14N2O5/c13-4-3-9(15)10(16)6-1-2-8-7(5-6)11(17)19-12(18)14-8/h1-2,5,9-10,15-16H,3-4,13H2,(H,14,18). The number of rotatable bonds is 4. The van der Waals surface area contributed by atoms with Gasteiger partial charge in [0.05, 0.1) is 17.0 Å². The molecule has 0 spiro atoms. The van der Waals surface area contributed by atoms with Crippen molar-refractivity contribution in [1.82, 2.24) is 4.98 Å². The number of aliphatic hydroxyl groups is 2. The van der Waals surface area contributed by atoms with Crippen molar-refractivity contribution in [2.75, 3.05) is 6.54 Å². The van der Waals surface area contributed by atoms with Crippen LogP contribution in [0.5, 0.6) is 0 Å². The zero-order chi connectivity index (χ0) is 14.0. The Labute approximate surface area is 107 Å². The van der Waals surface area contributed by atoms with Crippen LogP contribution in [0.25, 0.3) is 10.9 Å². The third kappa shape index (κ3) is 2.73. The maximum absolute atomic E-state index is 11.5. The lowest BCUT2D eigenvalue weighted by atomic mass is 10.0. The fraction of sp³-hybridized carbons (Fsp3) is 0.333. The molecular formula is C12H14N2O5. The summed E-state index contributed by atoms with van der Waals surface area (Å²) in [6.45, 7) is 0.237. The van der Waals surface area contributed by atoms with Crippen LogP contribution >= 0.6 is 0 Å². The highest BCUT2D eigenvalue weighted by Crippen LogP contribution is 2.21. The number of aliphatic hydroxyl groups excluding tert-OH is 2. The van der Waals surface area contributed by atoms with Crippen molar-refractivity contribution in [2.45, 2.75) is 18.6 Å². The largest absolute Gasteiger partial charge is 0.419 e. The number of nitrogens with two attached hydrogens (primary N) is 1. The van der Waals surface area contributed by atoms with Crippen LogP contribution in [0.15, 0.2) is 32.2 Å². The molecule has 1 aromatic heterocycles. The Kier molecular flexibility index (Phi) is 3.79.